The van der Waals surface area contributed by atoms with Crippen molar-refractivity contribution in [3.8, 4) is 0 Å². The third kappa shape index (κ3) is 6.76. The molecule has 1 rings (SSSR count). The van der Waals surface area contributed by atoms with Gasteiger partial charge in [0.2, 0.25) is 11.8 Å². The number of hydrogen-bond acceptors (Lipinski definition) is 6. The number of amides is 1. The van der Waals surface area contributed by atoms with Gasteiger partial charge in [-0.2, -0.15) is 0 Å². The summed E-state index contributed by atoms with van der Waals surface area (Å²) in [5, 5.41) is 16.4. The molecule has 0 aliphatic heterocycles. The Kier molecular flexibility index (Phi) is 6.88. The zero-order valence-electron chi connectivity index (χ0n) is 11.8. The number of rotatable bonds is 9. The number of nitrogens with one attached hydrogen (secondary N) is 3. The predicted octanol–water partition coefficient (Wildman–Crippen LogP) is 0.753. The van der Waals surface area contributed by atoms with Gasteiger partial charge in [-0.25, -0.2) is 0 Å². The molecule has 1 aromatic heterocycles. The van der Waals surface area contributed by atoms with Crippen LogP contribution < -0.4 is 16.0 Å². The molecule has 0 radical (unpaired) electrons. The maximum Gasteiger partial charge on any atom is 0.315 e. The smallest absolute Gasteiger partial charge is 0.315 e. The Bertz CT molecular complexity index is 378. The fourth-order valence-corrected chi connectivity index (χ4v) is 1.30. The van der Waals surface area contributed by atoms with Crippen LogP contribution >= 0.6 is 0 Å². The lowest BCUT2D eigenvalue weighted by Crippen LogP contribution is -2.32. The molecule has 7 nitrogen and oxygen atoms in total. The molecule has 0 aliphatic rings. The molecule has 0 spiro atoms. The molecule has 0 atom stereocenters. The Labute approximate surface area is 113 Å². The average Bonchev–Trinajstić information content (AvgIpc) is 2.82. The van der Waals surface area contributed by atoms with Crippen molar-refractivity contribution in [2.75, 3.05) is 25.0 Å². The minimum atomic E-state index is -0.0856. The van der Waals surface area contributed by atoms with Crippen LogP contribution in [0, 0.1) is 5.92 Å². The van der Waals surface area contributed by atoms with E-state index in [0.29, 0.717) is 24.9 Å². The summed E-state index contributed by atoms with van der Waals surface area (Å²) in [7, 11) is 0. The maximum absolute atomic E-state index is 11.5. The SMILES string of the molecule is CCCNCc1nnc(NCC(=O)NCC(C)C)o1. The van der Waals surface area contributed by atoms with E-state index in [1.54, 1.807) is 0 Å². The summed E-state index contributed by atoms with van der Waals surface area (Å²) in [5.41, 5.74) is 0. The van der Waals surface area contributed by atoms with Crippen LogP contribution in [-0.2, 0) is 11.3 Å². The molecule has 0 aromatic carbocycles. The summed E-state index contributed by atoms with van der Waals surface area (Å²) < 4.78 is 5.33. The van der Waals surface area contributed by atoms with Crippen LogP contribution in [0.15, 0.2) is 4.42 Å². The summed E-state index contributed by atoms with van der Waals surface area (Å²) in [6, 6.07) is 0.271. The standard InChI is InChI=1S/C12H23N5O2/c1-4-5-13-8-11-16-17-12(19-11)15-7-10(18)14-6-9(2)3/h9,13H,4-8H2,1-3H3,(H,14,18)(H,15,17). The quantitative estimate of drug-likeness (QED) is 0.573. The van der Waals surface area contributed by atoms with Gasteiger partial charge in [-0.05, 0) is 18.9 Å². The number of nitrogens with zero attached hydrogens (tertiary/aromatic N) is 2. The van der Waals surface area contributed by atoms with Crippen LogP contribution in [0.1, 0.15) is 33.1 Å². The van der Waals surface area contributed by atoms with Crippen molar-refractivity contribution in [2.24, 2.45) is 5.92 Å². The fourth-order valence-electron chi connectivity index (χ4n) is 1.30. The van der Waals surface area contributed by atoms with E-state index in [4.69, 9.17) is 4.42 Å². The highest BCUT2D eigenvalue weighted by atomic mass is 16.4. The highest BCUT2D eigenvalue weighted by Crippen LogP contribution is 2.04. The van der Waals surface area contributed by atoms with Crippen molar-refractivity contribution in [1.29, 1.82) is 0 Å². The molecule has 0 aliphatic carbocycles. The maximum atomic E-state index is 11.5. The predicted molar refractivity (Wildman–Crippen MR) is 72.6 cm³/mol. The molecule has 1 heterocycles. The van der Waals surface area contributed by atoms with E-state index in [-0.39, 0.29) is 18.5 Å². The van der Waals surface area contributed by atoms with Gasteiger partial charge in [0.05, 0.1) is 13.1 Å². The molecular weight excluding hydrogens is 246 g/mol. The van der Waals surface area contributed by atoms with Gasteiger partial charge < -0.3 is 20.4 Å². The van der Waals surface area contributed by atoms with Crippen LogP contribution in [0.25, 0.3) is 0 Å². The first-order valence-corrected chi connectivity index (χ1v) is 6.65. The van der Waals surface area contributed by atoms with E-state index < -0.39 is 0 Å². The summed E-state index contributed by atoms with van der Waals surface area (Å²) >= 11 is 0. The van der Waals surface area contributed by atoms with Gasteiger partial charge in [0, 0.05) is 6.54 Å². The van der Waals surface area contributed by atoms with Gasteiger partial charge >= 0.3 is 6.01 Å². The number of carbonyl (C=O) groups is 1. The van der Waals surface area contributed by atoms with E-state index in [9.17, 15) is 4.79 Å². The van der Waals surface area contributed by atoms with Gasteiger partial charge in [0.15, 0.2) is 0 Å². The molecule has 0 bridgehead atoms. The second kappa shape index (κ2) is 8.47. The molecule has 0 saturated carbocycles. The minimum absolute atomic E-state index is 0.0856. The molecule has 1 aromatic rings. The van der Waals surface area contributed by atoms with Gasteiger partial charge in [-0.3, -0.25) is 4.79 Å². The van der Waals surface area contributed by atoms with Crippen molar-refractivity contribution in [3.05, 3.63) is 5.89 Å². The summed E-state index contributed by atoms with van der Waals surface area (Å²) in [6.07, 6.45) is 1.05. The van der Waals surface area contributed by atoms with E-state index in [1.807, 2.05) is 13.8 Å². The number of aromatic nitrogens is 2. The lowest BCUT2D eigenvalue weighted by molar-refractivity contribution is -0.119. The summed E-state index contributed by atoms with van der Waals surface area (Å²) in [5.74, 6) is 0.861. The minimum Gasteiger partial charge on any atom is -0.407 e. The van der Waals surface area contributed by atoms with Crippen molar-refractivity contribution < 1.29 is 9.21 Å². The molecule has 19 heavy (non-hydrogen) atoms. The van der Waals surface area contributed by atoms with Crippen molar-refractivity contribution >= 4 is 11.9 Å². The summed E-state index contributed by atoms with van der Waals surface area (Å²) in [4.78, 5) is 11.5. The topological polar surface area (TPSA) is 92.1 Å². The van der Waals surface area contributed by atoms with E-state index >= 15 is 0 Å². The van der Waals surface area contributed by atoms with Crippen LogP contribution in [0.4, 0.5) is 6.01 Å². The van der Waals surface area contributed by atoms with Crippen molar-refractivity contribution in [2.45, 2.75) is 33.7 Å². The van der Waals surface area contributed by atoms with Gasteiger partial charge in [-0.15, -0.1) is 5.10 Å². The second-order valence-electron chi connectivity index (χ2n) is 4.73. The summed E-state index contributed by atoms with van der Waals surface area (Å²) in [6.45, 7) is 8.42. The molecule has 0 unspecified atom stereocenters. The Hall–Kier alpha value is -1.63. The third-order valence-electron chi connectivity index (χ3n) is 2.28. The molecule has 1 amide bonds. The Morgan fingerprint density at radius 3 is 2.84 bits per heavy atom. The van der Waals surface area contributed by atoms with E-state index in [0.717, 1.165) is 13.0 Å². The molecule has 108 valence electrons. The van der Waals surface area contributed by atoms with Crippen LogP contribution in [0.2, 0.25) is 0 Å². The zero-order valence-corrected chi connectivity index (χ0v) is 11.8. The first-order valence-electron chi connectivity index (χ1n) is 6.65. The van der Waals surface area contributed by atoms with Crippen LogP contribution in [0.3, 0.4) is 0 Å². The van der Waals surface area contributed by atoms with Crippen LogP contribution in [-0.4, -0.2) is 35.7 Å². The first kappa shape index (κ1) is 15.4. The lowest BCUT2D eigenvalue weighted by Gasteiger charge is -2.07. The monoisotopic (exact) mass is 269 g/mol. The van der Waals surface area contributed by atoms with Crippen LogP contribution in [0.5, 0.6) is 0 Å². The molecule has 0 fully saturated rings. The molecule has 7 heteroatoms. The zero-order chi connectivity index (χ0) is 14.1. The average molecular weight is 269 g/mol. The normalized spacial score (nSPS) is 10.7. The van der Waals surface area contributed by atoms with Gasteiger partial charge in [0.25, 0.3) is 0 Å². The fraction of sp³-hybridized carbons (Fsp3) is 0.750. The highest BCUT2D eigenvalue weighted by molar-refractivity contribution is 5.79. The molecule has 0 saturated heterocycles. The number of anilines is 1. The largest absolute Gasteiger partial charge is 0.407 e. The first-order chi connectivity index (χ1) is 9.11. The number of hydrogen-bond donors (Lipinski definition) is 3. The van der Waals surface area contributed by atoms with Crippen molar-refractivity contribution in [3.63, 3.8) is 0 Å². The Morgan fingerprint density at radius 2 is 2.16 bits per heavy atom. The highest BCUT2D eigenvalue weighted by Gasteiger charge is 2.07. The molecule has 3 N–H and O–H groups in total. The Balaban J connectivity index is 2.24. The van der Waals surface area contributed by atoms with E-state index in [2.05, 4.69) is 33.1 Å². The van der Waals surface area contributed by atoms with E-state index in [1.165, 1.54) is 0 Å². The van der Waals surface area contributed by atoms with Crippen molar-refractivity contribution in [1.82, 2.24) is 20.8 Å². The third-order valence-corrected chi connectivity index (χ3v) is 2.28. The van der Waals surface area contributed by atoms with Gasteiger partial charge in [0.1, 0.15) is 0 Å². The number of carbonyl (C=O) groups excluding carboxylic acids is 1. The lowest BCUT2D eigenvalue weighted by atomic mass is 10.2. The second-order valence-corrected chi connectivity index (χ2v) is 4.73. The Morgan fingerprint density at radius 1 is 1.37 bits per heavy atom. The molecular formula is C12H23N5O2. The van der Waals surface area contributed by atoms with Gasteiger partial charge in [-0.1, -0.05) is 25.9 Å².